The largest absolute Gasteiger partial charge is 0.331 e. The van der Waals surface area contributed by atoms with Crippen molar-refractivity contribution in [2.45, 2.75) is 19.4 Å². The molecule has 0 spiro atoms. The van der Waals surface area contributed by atoms with Gasteiger partial charge in [-0.3, -0.25) is 4.79 Å². The molecule has 0 radical (unpaired) electrons. The standard InChI is InChI=1S/C15H19N3O2S/c1-10(16-15(20)18-4-6-21-7-5-18)11-2-3-13-12(8-11)9-14(19)17-13/h2-3,8,10H,4-7,9H2,1H3,(H,16,20)(H,17,19)/t10-/m1/s1. The molecular formula is C15H19N3O2S. The molecular weight excluding hydrogens is 286 g/mol. The van der Waals surface area contributed by atoms with Crippen LogP contribution >= 0.6 is 11.8 Å². The number of hydrogen-bond acceptors (Lipinski definition) is 3. The van der Waals surface area contributed by atoms with Crippen LogP contribution in [0.1, 0.15) is 24.1 Å². The summed E-state index contributed by atoms with van der Waals surface area (Å²) in [5, 5.41) is 5.86. The maximum atomic E-state index is 12.2. The summed E-state index contributed by atoms with van der Waals surface area (Å²) < 4.78 is 0. The first-order valence-corrected chi connectivity index (χ1v) is 8.35. The lowest BCUT2D eigenvalue weighted by Crippen LogP contribution is -2.45. The van der Waals surface area contributed by atoms with Gasteiger partial charge in [0, 0.05) is 30.3 Å². The van der Waals surface area contributed by atoms with Crippen molar-refractivity contribution in [2.24, 2.45) is 0 Å². The molecule has 3 amide bonds. The SMILES string of the molecule is C[C@@H](NC(=O)N1CCSCC1)c1ccc2c(c1)CC(=O)N2. The summed E-state index contributed by atoms with van der Waals surface area (Å²) in [5.41, 5.74) is 2.92. The van der Waals surface area contributed by atoms with Gasteiger partial charge in [0.25, 0.3) is 0 Å². The Morgan fingerprint density at radius 3 is 2.90 bits per heavy atom. The number of thioether (sulfide) groups is 1. The van der Waals surface area contributed by atoms with Crippen LogP contribution in [0, 0.1) is 0 Å². The van der Waals surface area contributed by atoms with Gasteiger partial charge in [0.15, 0.2) is 0 Å². The Balaban J connectivity index is 1.65. The Morgan fingerprint density at radius 2 is 2.14 bits per heavy atom. The van der Waals surface area contributed by atoms with Crippen LogP contribution in [0.3, 0.4) is 0 Å². The zero-order valence-electron chi connectivity index (χ0n) is 12.0. The van der Waals surface area contributed by atoms with Crippen molar-refractivity contribution in [2.75, 3.05) is 29.9 Å². The molecule has 6 heteroatoms. The van der Waals surface area contributed by atoms with Gasteiger partial charge in [-0.1, -0.05) is 12.1 Å². The van der Waals surface area contributed by atoms with E-state index in [0.717, 1.165) is 41.4 Å². The quantitative estimate of drug-likeness (QED) is 0.878. The van der Waals surface area contributed by atoms with E-state index in [1.165, 1.54) is 0 Å². The smallest absolute Gasteiger partial charge is 0.317 e. The lowest BCUT2D eigenvalue weighted by atomic mass is 10.0. The van der Waals surface area contributed by atoms with E-state index in [9.17, 15) is 9.59 Å². The van der Waals surface area contributed by atoms with E-state index in [2.05, 4.69) is 10.6 Å². The minimum absolute atomic E-state index is 0.00231. The van der Waals surface area contributed by atoms with Crippen molar-refractivity contribution in [1.29, 1.82) is 0 Å². The molecule has 0 bridgehead atoms. The van der Waals surface area contributed by atoms with Crippen LogP contribution in [0.5, 0.6) is 0 Å². The number of anilines is 1. The number of hydrogen-bond donors (Lipinski definition) is 2. The zero-order valence-corrected chi connectivity index (χ0v) is 12.8. The van der Waals surface area contributed by atoms with E-state index in [1.54, 1.807) is 0 Å². The first-order valence-electron chi connectivity index (χ1n) is 7.19. The van der Waals surface area contributed by atoms with Gasteiger partial charge in [-0.2, -0.15) is 11.8 Å². The third-order valence-electron chi connectivity index (χ3n) is 3.89. The highest BCUT2D eigenvalue weighted by molar-refractivity contribution is 7.99. The molecule has 1 aromatic carbocycles. The lowest BCUT2D eigenvalue weighted by molar-refractivity contribution is -0.115. The molecule has 2 N–H and O–H groups in total. The Bertz CT molecular complexity index is 570. The summed E-state index contributed by atoms with van der Waals surface area (Å²) in [6.45, 7) is 3.60. The summed E-state index contributed by atoms with van der Waals surface area (Å²) in [4.78, 5) is 25.4. The van der Waals surface area contributed by atoms with E-state index < -0.39 is 0 Å². The van der Waals surface area contributed by atoms with E-state index in [1.807, 2.05) is 41.8 Å². The summed E-state index contributed by atoms with van der Waals surface area (Å²) in [6, 6.07) is 5.81. The highest BCUT2D eigenvalue weighted by Crippen LogP contribution is 2.26. The van der Waals surface area contributed by atoms with Gasteiger partial charge in [0.05, 0.1) is 12.5 Å². The number of amides is 3. The second-order valence-electron chi connectivity index (χ2n) is 5.41. The molecule has 21 heavy (non-hydrogen) atoms. The number of nitrogens with one attached hydrogen (secondary N) is 2. The number of carbonyl (C=O) groups is 2. The Labute approximate surface area is 128 Å². The summed E-state index contributed by atoms with van der Waals surface area (Å²) in [7, 11) is 0. The number of fused-ring (bicyclic) bond motifs is 1. The second-order valence-corrected chi connectivity index (χ2v) is 6.64. The van der Waals surface area contributed by atoms with Gasteiger partial charge >= 0.3 is 6.03 Å². The average Bonchev–Trinajstić information content (AvgIpc) is 2.87. The predicted molar refractivity (Wildman–Crippen MR) is 84.6 cm³/mol. The van der Waals surface area contributed by atoms with E-state index in [0.29, 0.717) is 6.42 Å². The van der Waals surface area contributed by atoms with Crippen molar-refractivity contribution in [3.63, 3.8) is 0 Å². The molecule has 1 fully saturated rings. The van der Waals surface area contributed by atoms with Crippen molar-refractivity contribution in [3.8, 4) is 0 Å². The third kappa shape index (κ3) is 3.15. The summed E-state index contributed by atoms with van der Waals surface area (Å²) in [5.74, 6) is 2.05. The number of carbonyl (C=O) groups excluding carboxylic acids is 2. The van der Waals surface area contributed by atoms with Crippen LogP contribution in [0.25, 0.3) is 0 Å². The minimum Gasteiger partial charge on any atom is -0.331 e. The Kier molecular flexibility index (Phi) is 4.05. The topological polar surface area (TPSA) is 61.4 Å². The first kappa shape index (κ1) is 14.3. The van der Waals surface area contributed by atoms with Crippen LogP contribution in [0.4, 0.5) is 10.5 Å². The molecule has 0 aromatic heterocycles. The van der Waals surface area contributed by atoms with Gasteiger partial charge in [-0.25, -0.2) is 4.79 Å². The van der Waals surface area contributed by atoms with Gasteiger partial charge in [-0.05, 0) is 24.1 Å². The van der Waals surface area contributed by atoms with E-state index in [-0.39, 0.29) is 18.0 Å². The molecule has 2 heterocycles. The van der Waals surface area contributed by atoms with Crippen molar-refractivity contribution >= 4 is 29.4 Å². The van der Waals surface area contributed by atoms with Crippen LogP contribution in [-0.2, 0) is 11.2 Å². The van der Waals surface area contributed by atoms with E-state index in [4.69, 9.17) is 0 Å². The molecule has 0 aliphatic carbocycles. The van der Waals surface area contributed by atoms with Gasteiger partial charge in [0.2, 0.25) is 5.91 Å². The maximum Gasteiger partial charge on any atom is 0.317 e. The summed E-state index contributed by atoms with van der Waals surface area (Å²) >= 11 is 1.88. The highest BCUT2D eigenvalue weighted by atomic mass is 32.2. The molecule has 2 aliphatic rings. The van der Waals surface area contributed by atoms with E-state index >= 15 is 0 Å². The molecule has 2 aliphatic heterocycles. The van der Waals surface area contributed by atoms with Crippen molar-refractivity contribution in [3.05, 3.63) is 29.3 Å². The Hall–Kier alpha value is -1.69. The third-order valence-corrected chi connectivity index (χ3v) is 4.84. The molecule has 1 aromatic rings. The van der Waals surface area contributed by atoms with Crippen LogP contribution in [-0.4, -0.2) is 41.4 Å². The van der Waals surface area contributed by atoms with Crippen LogP contribution < -0.4 is 10.6 Å². The number of urea groups is 1. The van der Waals surface area contributed by atoms with Crippen LogP contribution in [0.2, 0.25) is 0 Å². The maximum absolute atomic E-state index is 12.2. The normalized spacial score (nSPS) is 18.9. The Morgan fingerprint density at radius 1 is 1.38 bits per heavy atom. The lowest BCUT2D eigenvalue weighted by Gasteiger charge is -2.28. The fourth-order valence-corrected chi connectivity index (χ4v) is 3.55. The monoisotopic (exact) mass is 305 g/mol. The molecule has 0 saturated carbocycles. The molecule has 1 saturated heterocycles. The molecule has 0 unspecified atom stereocenters. The number of rotatable bonds is 2. The van der Waals surface area contributed by atoms with Crippen molar-refractivity contribution in [1.82, 2.24) is 10.2 Å². The van der Waals surface area contributed by atoms with Gasteiger partial charge < -0.3 is 15.5 Å². The fraction of sp³-hybridized carbons (Fsp3) is 0.467. The predicted octanol–water partition coefficient (Wildman–Crippen LogP) is 2.00. The average molecular weight is 305 g/mol. The second kappa shape index (κ2) is 5.97. The first-order chi connectivity index (χ1) is 10.1. The highest BCUT2D eigenvalue weighted by Gasteiger charge is 2.21. The molecule has 3 rings (SSSR count). The fourth-order valence-electron chi connectivity index (χ4n) is 2.64. The van der Waals surface area contributed by atoms with Crippen LogP contribution in [0.15, 0.2) is 18.2 Å². The van der Waals surface area contributed by atoms with Crippen molar-refractivity contribution < 1.29 is 9.59 Å². The van der Waals surface area contributed by atoms with Gasteiger partial charge in [0.1, 0.15) is 0 Å². The number of benzene rings is 1. The molecule has 5 nitrogen and oxygen atoms in total. The zero-order chi connectivity index (χ0) is 14.8. The van der Waals surface area contributed by atoms with Gasteiger partial charge in [-0.15, -0.1) is 0 Å². The number of nitrogens with zero attached hydrogens (tertiary/aromatic N) is 1. The molecule has 112 valence electrons. The minimum atomic E-state index is -0.0620. The molecule has 1 atom stereocenters. The summed E-state index contributed by atoms with van der Waals surface area (Å²) in [6.07, 6.45) is 0.424.